The van der Waals surface area contributed by atoms with E-state index in [2.05, 4.69) is 9.97 Å². The fraction of sp³-hybridized carbons (Fsp3) is 0.190. The van der Waals surface area contributed by atoms with E-state index in [1.165, 1.54) is 0 Å². The summed E-state index contributed by atoms with van der Waals surface area (Å²) in [6.45, 7) is 4.98. The summed E-state index contributed by atoms with van der Waals surface area (Å²) in [6.07, 6.45) is 0. The number of aromatic amines is 1. The standard InChI is InChI=1S/C21H19N3O3/c1-3-26-16-9-5-14(6-10-16)19-20(24-21(25)18(13-22)23-19)15-7-11-17(12-8-15)27-4-2/h5-12H,3-4H2,1-2H3,(H,24,25). The Morgan fingerprint density at radius 3 is 1.93 bits per heavy atom. The minimum atomic E-state index is -0.518. The predicted molar refractivity (Wildman–Crippen MR) is 103 cm³/mol. The van der Waals surface area contributed by atoms with Gasteiger partial charge in [0.2, 0.25) is 5.69 Å². The van der Waals surface area contributed by atoms with Gasteiger partial charge in [0, 0.05) is 11.1 Å². The maximum atomic E-state index is 12.2. The van der Waals surface area contributed by atoms with Crippen LogP contribution in [0.25, 0.3) is 22.5 Å². The van der Waals surface area contributed by atoms with Crippen LogP contribution in [-0.2, 0) is 0 Å². The Morgan fingerprint density at radius 2 is 1.44 bits per heavy atom. The van der Waals surface area contributed by atoms with Crippen LogP contribution in [0.5, 0.6) is 11.5 Å². The molecule has 1 heterocycles. The monoisotopic (exact) mass is 361 g/mol. The summed E-state index contributed by atoms with van der Waals surface area (Å²) in [5.41, 5.74) is 1.93. The van der Waals surface area contributed by atoms with E-state index < -0.39 is 5.56 Å². The first-order valence-electron chi connectivity index (χ1n) is 8.67. The van der Waals surface area contributed by atoms with Crippen molar-refractivity contribution in [1.82, 2.24) is 9.97 Å². The first-order valence-corrected chi connectivity index (χ1v) is 8.67. The molecule has 0 atom stereocenters. The topological polar surface area (TPSA) is 88.0 Å². The zero-order chi connectivity index (χ0) is 19.2. The summed E-state index contributed by atoms with van der Waals surface area (Å²) >= 11 is 0. The summed E-state index contributed by atoms with van der Waals surface area (Å²) in [7, 11) is 0. The highest BCUT2D eigenvalue weighted by atomic mass is 16.5. The SMILES string of the molecule is CCOc1ccc(-c2nc(C#N)c(=O)[nH]c2-c2ccc(OCC)cc2)cc1. The van der Waals surface area contributed by atoms with Crippen molar-refractivity contribution < 1.29 is 9.47 Å². The lowest BCUT2D eigenvalue weighted by atomic mass is 10.0. The van der Waals surface area contributed by atoms with Crippen molar-refractivity contribution >= 4 is 0 Å². The molecule has 0 aliphatic rings. The van der Waals surface area contributed by atoms with Crippen LogP contribution in [0.2, 0.25) is 0 Å². The molecule has 0 saturated carbocycles. The van der Waals surface area contributed by atoms with E-state index in [1.54, 1.807) is 0 Å². The second-order valence-corrected chi connectivity index (χ2v) is 5.66. The molecule has 0 radical (unpaired) electrons. The molecule has 0 fully saturated rings. The number of ether oxygens (including phenoxy) is 2. The van der Waals surface area contributed by atoms with E-state index in [4.69, 9.17) is 9.47 Å². The molecule has 2 aromatic carbocycles. The van der Waals surface area contributed by atoms with Crippen LogP contribution in [-0.4, -0.2) is 23.2 Å². The number of hydrogen-bond acceptors (Lipinski definition) is 5. The molecule has 6 heteroatoms. The lowest BCUT2D eigenvalue weighted by molar-refractivity contribution is 0.340. The fourth-order valence-corrected chi connectivity index (χ4v) is 2.70. The van der Waals surface area contributed by atoms with Crippen LogP contribution in [0.4, 0.5) is 0 Å². The van der Waals surface area contributed by atoms with Gasteiger partial charge >= 0.3 is 0 Å². The van der Waals surface area contributed by atoms with E-state index in [-0.39, 0.29) is 5.69 Å². The molecular weight excluding hydrogens is 342 g/mol. The molecule has 0 unspecified atom stereocenters. The molecule has 0 aliphatic carbocycles. The summed E-state index contributed by atoms with van der Waals surface area (Å²) in [4.78, 5) is 19.2. The number of nitrogens with one attached hydrogen (secondary N) is 1. The Bertz CT molecular complexity index is 1020. The Kier molecular flexibility index (Phi) is 5.53. The molecular formula is C21H19N3O3. The van der Waals surface area contributed by atoms with Gasteiger partial charge in [-0.2, -0.15) is 5.26 Å². The summed E-state index contributed by atoms with van der Waals surface area (Å²) in [5.74, 6) is 1.49. The maximum absolute atomic E-state index is 12.2. The number of nitrogens with zero attached hydrogens (tertiary/aromatic N) is 2. The highest BCUT2D eigenvalue weighted by molar-refractivity contribution is 5.78. The quantitative estimate of drug-likeness (QED) is 0.722. The smallest absolute Gasteiger partial charge is 0.285 e. The van der Waals surface area contributed by atoms with Crippen molar-refractivity contribution in [3.63, 3.8) is 0 Å². The molecule has 0 saturated heterocycles. The van der Waals surface area contributed by atoms with Crippen LogP contribution < -0.4 is 15.0 Å². The second kappa shape index (κ2) is 8.19. The summed E-state index contributed by atoms with van der Waals surface area (Å²) in [5, 5.41) is 9.19. The lowest BCUT2D eigenvalue weighted by Gasteiger charge is -2.11. The van der Waals surface area contributed by atoms with Gasteiger partial charge in [-0.25, -0.2) is 4.98 Å². The molecule has 1 aromatic heterocycles. The lowest BCUT2D eigenvalue weighted by Crippen LogP contribution is -2.15. The van der Waals surface area contributed by atoms with Gasteiger partial charge in [-0.3, -0.25) is 4.79 Å². The Morgan fingerprint density at radius 1 is 0.926 bits per heavy atom. The molecule has 3 aromatic rings. The fourth-order valence-electron chi connectivity index (χ4n) is 2.70. The minimum Gasteiger partial charge on any atom is -0.494 e. The Labute approximate surface area is 157 Å². The third kappa shape index (κ3) is 3.98. The van der Waals surface area contributed by atoms with E-state index in [0.29, 0.717) is 24.6 Å². The van der Waals surface area contributed by atoms with Gasteiger partial charge in [0.15, 0.2) is 0 Å². The summed E-state index contributed by atoms with van der Waals surface area (Å²) in [6, 6.07) is 16.6. The first kappa shape index (κ1) is 18.2. The van der Waals surface area contributed by atoms with E-state index in [1.807, 2.05) is 68.4 Å². The van der Waals surface area contributed by atoms with Crippen LogP contribution in [0.1, 0.15) is 19.5 Å². The van der Waals surface area contributed by atoms with Crippen molar-refractivity contribution in [3.8, 4) is 40.1 Å². The molecule has 27 heavy (non-hydrogen) atoms. The minimum absolute atomic E-state index is 0.173. The van der Waals surface area contributed by atoms with E-state index >= 15 is 0 Å². The molecule has 0 bridgehead atoms. The number of aromatic nitrogens is 2. The van der Waals surface area contributed by atoms with Crippen LogP contribution in [0.15, 0.2) is 53.3 Å². The first-order chi connectivity index (χ1) is 13.2. The third-order valence-corrected chi connectivity index (χ3v) is 3.91. The Balaban J connectivity index is 2.11. The zero-order valence-corrected chi connectivity index (χ0v) is 15.2. The normalized spacial score (nSPS) is 10.3. The van der Waals surface area contributed by atoms with Gasteiger partial charge < -0.3 is 14.5 Å². The second-order valence-electron chi connectivity index (χ2n) is 5.66. The largest absolute Gasteiger partial charge is 0.494 e. The van der Waals surface area contributed by atoms with Crippen molar-refractivity contribution in [2.75, 3.05) is 13.2 Å². The van der Waals surface area contributed by atoms with Gasteiger partial charge in [-0.1, -0.05) is 0 Å². The van der Waals surface area contributed by atoms with Crippen LogP contribution in [0.3, 0.4) is 0 Å². The number of nitriles is 1. The summed E-state index contributed by atoms with van der Waals surface area (Å²) < 4.78 is 10.9. The van der Waals surface area contributed by atoms with E-state index in [9.17, 15) is 10.1 Å². The van der Waals surface area contributed by atoms with Gasteiger partial charge in [-0.15, -0.1) is 0 Å². The maximum Gasteiger partial charge on any atom is 0.285 e. The van der Waals surface area contributed by atoms with Crippen molar-refractivity contribution in [3.05, 3.63) is 64.6 Å². The van der Waals surface area contributed by atoms with Crippen molar-refractivity contribution in [2.45, 2.75) is 13.8 Å². The molecule has 136 valence electrons. The van der Waals surface area contributed by atoms with Gasteiger partial charge in [0.1, 0.15) is 17.6 Å². The van der Waals surface area contributed by atoms with Gasteiger partial charge in [0.25, 0.3) is 5.56 Å². The molecule has 3 rings (SSSR count). The molecule has 0 spiro atoms. The van der Waals surface area contributed by atoms with Gasteiger partial charge in [-0.05, 0) is 62.4 Å². The number of rotatable bonds is 6. The average Bonchev–Trinajstić information content (AvgIpc) is 2.70. The number of hydrogen-bond donors (Lipinski definition) is 1. The molecule has 6 nitrogen and oxygen atoms in total. The average molecular weight is 361 g/mol. The van der Waals surface area contributed by atoms with Crippen molar-refractivity contribution in [2.24, 2.45) is 0 Å². The van der Waals surface area contributed by atoms with Crippen molar-refractivity contribution in [1.29, 1.82) is 5.26 Å². The number of H-pyrrole nitrogens is 1. The highest BCUT2D eigenvalue weighted by Crippen LogP contribution is 2.30. The van der Waals surface area contributed by atoms with Crippen LogP contribution >= 0.6 is 0 Å². The molecule has 1 N–H and O–H groups in total. The third-order valence-electron chi connectivity index (χ3n) is 3.91. The zero-order valence-electron chi connectivity index (χ0n) is 15.2. The highest BCUT2D eigenvalue weighted by Gasteiger charge is 2.14. The number of benzene rings is 2. The molecule has 0 aliphatic heterocycles. The van der Waals surface area contributed by atoms with Crippen LogP contribution in [0, 0.1) is 11.3 Å². The van der Waals surface area contributed by atoms with Gasteiger partial charge in [0.05, 0.1) is 24.6 Å². The molecule has 0 amide bonds. The van der Waals surface area contributed by atoms with E-state index in [0.717, 1.165) is 22.6 Å². The predicted octanol–water partition coefficient (Wildman–Crippen LogP) is 3.77. The Hall–Kier alpha value is -3.59.